The van der Waals surface area contributed by atoms with Crippen LogP contribution in [0.1, 0.15) is 67.4 Å². The van der Waals surface area contributed by atoms with Gasteiger partial charge in [-0.3, -0.25) is 4.79 Å². The van der Waals surface area contributed by atoms with E-state index in [1.54, 1.807) is 6.92 Å². The molecule has 0 bridgehead atoms. The summed E-state index contributed by atoms with van der Waals surface area (Å²) in [6.07, 6.45) is 7.68. The summed E-state index contributed by atoms with van der Waals surface area (Å²) < 4.78 is 0. The molecule has 0 aliphatic rings. The minimum atomic E-state index is 0.114. The number of rotatable bonds is 10. The summed E-state index contributed by atoms with van der Waals surface area (Å²) in [7, 11) is 0. The average Bonchev–Trinajstić information content (AvgIpc) is 2.61. The number of para-hydroxylation sites is 1. The van der Waals surface area contributed by atoms with Gasteiger partial charge in [-0.1, -0.05) is 75.1 Å². The van der Waals surface area contributed by atoms with Gasteiger partial charge in [-0.15, -0.1) is 0 Å². The molecule has 0 amide bonds. The van der Waals surface area contributed by atoms with Gasteiger partial charge in [-0.2, -0.15) is 0 Å². The van der Waals surface area contributed by atoms with Gasteiger partial charge in [0, 0.05) is 17.8 Å². The van der Waals surface area contributed by atoms with Crippen LogP contribution in [-0.2, 0) is 13.0 Å². The number of carbonyl (C=O) groups excluding carboxylic acids is 1. The maximum absolute atomic E-state index is 11.3. The van der Waals surface area contributed by atoms with Crippen LogP contribution in [0.25, 0.3) is 0 Å². The Balaban J connectivity index is 1.88. The molecule has 0 spiro atoms. The van der Waals surface area contributed by atoms with Crippen LogP contribution >= 0.6 is 0 Å². The zero-order valence-corrected chi connectivity index (χ0v) is 15.0. The molecule has 0 aliphatic carbocycles. The molecule has 0 heterocycles. The number of nitrogens with one attached hydrogen (secondary N) is 1. The summed E-state index contributed by atoms with van der Waals surface area (Å²) in [6, 6.07) is 16.4. The van der Waals surface area contributed by atoms with E-state index >= 15 is 0 Å². The highest BCUT2D eigenvalue weighted by atomic mass is 16.1. The molecule has 0 radical (unpaired) electrons. The monoisotopic (exact) mass is 323 g/mol. The van der Waals surface area contributed by atoms with E-state index in [1.165, 1.54) is 48.9 Å². The molecule has 0 aromatic heterocycles. The molecule has 24 heavy (non-hydrogen) atoms. The number of carbonyl (C=O) groups is 1. The first-order valence-electron chi connectivity index (χ1n) is 9.12. The number of anilines is 1. The van der Waals surface area contributed by atoms with E-state index in [9.17, 15) is 4.79 Å². The van der Waals surface area contributed by atoms with E-state index in [-0.39, 0.29) is 5.78 Å². The van der Waals surface area contributed by atoms with Crippen LogP contribution in [0, 0.1) is 0 Å². The van der Waals surface area contributed by atoms with Crippen molar-refractivity contribution in [1.82, 2.24) is 0 Å². The van der Waals surface area contributed by atoms with Gasteiger partial charge >= 0.3 is 0 Å². The second-order valence-electron chi connectivity index (χ2n) is 6.43. The Hall–Kier alpha value is -2.09. The molecule has 0 atom stereocenters. The van der Waals surface area contributed by atoms with E-state index in [4.69, 9.17) is 0 Å². The predicted octanol–water partition coefficient (Wildman–Crippen LogP) is 6.01. The Bertz CT molecular complexity index is 631. The van der Waals surface area contributed by atoms with Crippen molar-refractivity contribution in [3.8, 4) is 0 Å². The lowest BCUT2D eigenvalue weighted by molar-refractivity contribution is 0.101. The van der Waals surface area contributed by atoms with Gasteiger partial charge in [-0.05, 0) is 37.0 Å². The van der Waals surface area contributed by atoms with Crippen molar-refractivity contribution >= 4 is 11.5 Å². The first-order valence-corrected chi connectivity index (χ1v) is 9.12. The van der Waals surface area contributed by atoms with Gasteiger partial charge in [0.15, 0.2) is 5.78 Å². The molecule has 2 nitrogen and oxygen atoms in total. The molecule has 2 aromatic rings. The third-order valence-corrected chi connectivity index (χ3v) is 4.41. The summed E-state index contributed by atoms with van der Waals surface area (Å²) in [6.45, 7) is 4.64. The highest BCUT2D eigenvalue weighted by molar-refractivity contribution is 5.94. The van der Waals surface area contributed by atoms with Crippen molar-refractivity contribution in [2.24, 2.45) is 0 Å². The predicted molar refractivity (Wildman–Crippen MR) is 103 cm³/mol. The molecule has 2 heteroatoms. The standard InChI is InChI=1S/C22H29NO/c1-3-4-5-6-7-10-21-11-8-9-12-22(21)23-17-19-13-15-20(16-14-19)18(2)24/h8-9,11-16,23H,3-7,10,17H2,1-2H3. The molecule has 0 saturated heterocycles. The molecule has 2 rings (SSSR count). The number of hydrogen-bond acceptors (Lipinski definition) is 2. The summed E-state index contributed by atoms with van der Waals surface area (Å²) in [4.78, 5) is 11.3. The Labute approximate surface area is 146 Å². The third kappa shape index (κ3) is 5.84. The quantitative estimate of drug-likeness (QED) is 0.428. The molecular weight excluding hydrogens is 294 g/mol. The fourth-order valence-corrected chi connectivity index (χ4v) is 2.88. The van der Waals surface area contributed by atoms with Crippen molar-refractivity contribution in [2.75, 3.05) is 5.32 Å². The highest BCUT2D eigenvalue weighted by Gasteiger charge is 2.03. The van der Waals surface area contributed by atoms with E-state index in [1.807, 2.05) is 24.3 Å². The lowest BCUT2D eigenvalue weighted by Crippen LogP contribution is -2.03. The van der Waals surface area contributed by atoms with E-state index in [2.05, 4.69) is 36.5 Å². The van der Waals surface area contributed by atoms with Crippen molar-refractivity contribution in [2.45, 2.75) is 58.9 Å². The molecule has 0 saturated carbocycles. The van der Waals surface area contributed by atoms with Gasteiger partial charge < -0.3 is 5.32 Å². The number of unbranched alkanes of at least 4 members (excludes halogenated alkanes) is 4. The van der Waals surface area contributed by atoms with E-state index in [0.29, 0.717) is 0 Å². The topological polar surface area (TPSA) is 29.1 Å². The van der Waals surface area contributed by atoms with Gasteiger partial charge in [0.05, 0.1) is 0 Å². The lowest BCUT2D eigenvalue weighted by atomic mass is 10.0. The van der Waals surface area contributed by atoms with Crippen molar-refractivity contribution in [1.29, 1.82) is 0 Å². The fraction of sp³-hybridized carbons (Fsp3) is 0.409. The smallest absolute Gasteiger partial charge is 0.159 e. The van der Waals surface area contributed by atoms with Gasteiger partial charge in [0.1, 0.15) is 0 Å². The normalized spacial score (nSPS) is 10.6. The maximum atomic E-state index is 11.3. The first kappa shape index (κ1) is 18.3. The molecule has 0 fully saturated rings. The molecule has 2 aromatic carbocycles. The molecule has 0 unspecified atom stereocenters. The largest absolute Gasteiger partial charge is 0.381 e. The van der Waals surface area contributed by atoms with Crippen LogP contribution in [-0.4, -0.2) is 5.78 Å². The van der Waals surface area contributed by atoms with Crippen LogP contribution < -0.4 is 5.32 Å². The van der Waals surface area contributed by atoms with Gasteiger partial charge in [-0.25, -0.2) is 0 Å². The summed E-state index contributed by atoms with van der Waals surface area (Å²) in [5.41, 5.74) is 4.59. The fourth-order valence-electron chi connectivity index (χ4n) is 2.88. The van der Waals surface area contributed by atoms with Crippen molar-refractivity contribution in [3.05, 3.63) is 65.2 Å². The SMILES string of the molecule is CCCCCCCc1ccccc1NCc1ccc(C(C)=O)cc1. The van der Waals surface area contributed by atoms with Crippen molar-refractivity contribution < 1.29 is 4.79 Å². The molecule has 1 N–H and O–H groups in total. The summed E-state index contributed by atoms with van der Waals surface area (Å²) in [5, 5.41) is 3.55. The minimum absolute atomic E-state index is 0.114. The number of hydrogen-bond donors (Lipinski definition) is 1. The Morgan fingerprint density at radius 2 is 1.62 bits per heavy atom. The van der Waals surface area contributed by atoms with Crippen LogP contribution in [0.2, 0.25) is 0 Å². The van der Waals surface area contributed by atoms with Gasteiger partial charge in [0.2, 0.25) is 0 Å². The van der Waals surface area contributed by atoms with E-state index in [0.717, 1.165) is 18.5 Å². The zero-order chi connectivity index (χ0) is 17.2. The number of aryl methyl sites for hydroxylation is 1. The second kappa shape index (κ2) is 9.92. The highest BCUT2D eigenvalue weighted by Crippen LogP contribution is 2.19. The zero-order valence-electron chi connectivity index (χ0n) is 15.0. The first-order chi connectivity index (χ1) is 11.7. The lowest BCUT2D eigenvalue weighted by Gasteiger charge is -2.12. The third-order valence-electron chi connectivity index (χ3n) is 4.41. The van der Waals surface area contributed by atoms with Gasteiger partial charge in [0.25, 0.3) is 0 Å². The average molecular weight is 323 g/mol. The number of Topliss-reactive ketones (excluding diaryl/α,β-unsaturated/α-hetero) is 1. The summed E-state index contributed by atoms with van der Waals surface area (Å²) in [5.74, 6) is 0.114. The number of ketones is 1. The maximum Gasteiger partial charge on any atom is 0.159 e. The van der Waals surface area contributed by atoms with Crippen LogP contribution in [0.15, 0.2) is 48.5 Å². The Morgan fingerprint density at radius 3 is 2.33 bits per heavy atom. The Morgan fingerprint density at radius 1 is 0.917 bits per heavy atom. The molecule has 0 aliphatic heterocycles. The molecular formula is C22H29NO. The second-order valence-corrected chi connectivity index (χ2v) is 6.43. The van der Waals surface area contributed by atoms with Crippen LogP contribution in [0.5, 0.6) is 0 Å². The Kier molecular flexibility index (Phi) is 7.54. The molecule has 128 valence electrons. The van der Waals surface area contributed by atoms with Crippen LogP contribution in [0.3, 0.4) is 0 Å². The summed E-state index contributed by atoms with van der Waals surface area (Å²) >= 11 is 0. The number of benzene rings is 2. The van der Waals surface area contributed by atoms with E-state index < -0.39 is 0 Å². The van der Waals surface area contributed by atoms with Crippen LogP contribution in [0.4, 0.5) is 5.69 Å². The minimum Gasteiger partial charge on any atom is -0.381 e. The van der Waals surface area contributed by atoms with Crippen molar-refractivity contribution in [3.63, 3.8) is 0 Å².